The van der Waals surface area contributed by atoms with Crippen molar-refractivity contribution in [1.29, 1.82) is 0 Å². The molecule has 0 bridgehead atoms. The van der Waals surface area contributed by atoms with Crippen LogP contribution in [0.2, 0.25) is 0 Å². The van der Waals surface area contributed by atoms with Gasteiger partial charge in [0.15, 0.2) is 6.29 Å². The summed E-state index contributed by atoms with van der Waals surface area (Å²) in [5.74, 6) is 0. The van der Waals surface area contributed by atoms with Crippen molar-refractivity contribution < 1.29 is 9.47 Å². The third-order valence-electron chi connectivity index (χ3n) is 3.00. The fourth-order valence-corrected chi connectivity index (χ4v) is 1.98. The summed E-state index contributed by atoms with van der Waals surface area (Å²) < 4.78 is 11.1. The molecule has 18 heavy (non-hydrogen) atoms. The van der Waals surface area contributed by atoms with E-state index >= 15 is 0 Å². The minimum Gasteiger partial charge on any atom is -0.383 e. The van der Waals surface area contributed by atoms with Gasteiger partial charge in [-0.1, -0.05) is 36.9 Å². The van der Waals surface area contributed by atoms with Gasteiger partial charge < -0.3 is 14.8 Å². The Morgan fingerprint density at radius 3 is 2.89 bits per heavy atom. The molecule has 1 aliphatic rings. The molecule has 1 aromatic carbocycles. The zero-order valence-corrected chi connectivity index (χ0v) is 10.7. The molecule has 1 atom stereocenters. The molecule has 1 aliphatic heterocycles. The second kappa shape index (κ2) is 7.19. The molecule has 3 heteroatoms. The largest absolute Gasteiger partial charge is 0.383 e. The number of nitrogens with one attached hydrogen (secondary N) is 1. The van der Waals surface area contributed by atoms with Crippen LogP contribution in [0, 0.1) is 0 Å². The molecular formula is C15H21NO2. The van der Waals surface area contributed by atoms with E-state index in [4.69, 9.17) is 9.47 Å². The van der Waals surface area contributed by atoms with Gasteiger partial charge in [0, 0.05) is 18.8 Å². The molecule has 1 N–H and O–H groups in total. The number of ether oxygens (including phenoxy) is 2. The van der Waals surface area contributed by atoms with Crippen LogP contribution < -0.4 is 5.32 Å². The highest BCUT2D eigenvalue weighted by molar-refractivity contribution is 5.61. The monoisotopic (exact) mass is 247 g/mol. The molecule has 0 radical (unpaired) electrons. The fourth-order valence-electron chi connectivity index (χ4n) is 1.98. The van der Waals surface area contributed by atoms with Crippen molar-refractivity contribution in [2.75, 3.05) is 19.8 Å². The van der Waals surface area contributed by atoms with Crippen molar-refractivity contribution in [2.24, 2.45) is 0 Å². The van der Waals surface area contributed by atoms with Gasteiger partial charge in [-0.25, -0.2) is 0 Å². The van der Waals surface area contributed by atoms with Gasteiger partial charge in [0.05, 0.1) is 6.61 Å². The van der Waals surface area contributed by atoms with Gasteiger partial charge in [0.2, 0.25) is 0 Å². The summed E-state index contributed by atoms with van der Waals surface area (Å²) in [4.78, 5) is 0. The topological polar surface area (TPSA) is 30.5 Å². The first-order chi connectivity index (χ1) is 8.86. The van der Waals surface area contributed by atoms with E-state index in [0.717, 1.165) is 37.3 Å². The molecule has 1 heterocycles. The van der Waals surface area contributed by atoms with E-state index in [1.54, 1.807) is 0 Å². The van der Waals surface area contributed by atoms with Gasteiger partial charge in [-0.05, 0) is 24.8 Å². The van der Waals surface area contributed by atoms with E-state index in [0.29, 0.717) is 6.61 Å². The summed E-state index contributed by atoms with van der Waals surface area (Å²) in [5.41, 5.74) is 2.05. The van der Waals surface area contributed by atoms with Crippen LogP contribution in [-0.4, -0.2) is 26.0 Å². The lowest BCUT2D eigenvalue weighted by molar-refractivity contribution is -0.160. The van der Waals surface area contributed by atoms with Gasteiger partial charge in [-0.2, -0.15) is 0 Å². The minimum absolute atomic E-state index is 0.00876. The van der Waals surface area contributed by atoms with E-state index < -0.39 is 0 Å². The van der Waals surface area contributed by atoms with Gasteiger partial charge in [0.25, 0.3) is 0 Å². The van der Waals surface area contributed by atoms with Crippen molar-refractivity contribution in [3.05, 3.63) is 42.5 Å². The SMILES string of the molecule is C=C(NCCOC1CCCCO1)c1ccccc1. The van der Waals surface area contributed by atoms with E-state index in [1.165, 1.54) is 6.42 Å². The molecule has 0 amide bonds. The van der Waals surface area contributed by atoms with Crippen LogP contribution in [0.25, 0.3) is 5.70 Å². The third kappa shape index (κ3) is 4.17. The second-order valence-electron chi connectivity index (χ2n) is 4.44. The Labute approximate surface area is 109 Å². The highest BCUT2D eigenvalue weighted by Crippen LogP contribution is 2.13. The Hall–Kier alpha value is -1.32. The van der Waals surface area contributed by atoms with E-state index in [1.807, 2.05) is 30.3 Å². The van der Waals surface area contributed by atoms with Crippen molar-refractivity contribution in [2.45, 2.75) is 25.6 Å². The summed E-state index contributed by atoms with van der Waals surface area (Å²) in [6.07, 6.45) is 3.36. The molecule has 0 aliphatic carbocycles. The smallest absolute Gasteiger partial charge is 0.157 e. The minimum atomic E-state index is -0.00876. The summed E-state index contributed by atoms with van der Waals surface area (Å²) in [6.45, 7) is 6.25. The predicted octanol–water partition coefficient (Wildman–Crippen LogP) is 2.79. The van der Waals surface area contributed by atoms with E-state index in [9.17, 15) is 0 Å². The molecule has 0 spiro atoms. The normalized spacial score (nSPS) is 19.4. The number of hydrogen-bond acceptors (Lipinski definition) is 3. The van der Waals surface area contributed by atoms with Crippen LogP contribution >= 0.6 is 0 Å². The molecule has 0 saturated carbocycles. The van der Waals surface area contributed by atoms with Gasteiger partial charge >= 0.3 is 0 Å². The zero-order valence-electron chi connectivity index (χ0n) is 10.7. The lowest BCUT2D eigenvalue weighted by atomic mass is 10.2. The quantitative estimate of drug-likeness (QED) is 0.784. The Kier molecular flexibility index (Phi) is 5.24. The lowest BCUT2D eigenvalue weighted by Gasteiger charge is -2.22. The Morgan fingerprint density at radius 2 is 2.17 bits per heavy atom. The third-order valence-corrected chi connectivity index (χ3v) is 3.00. The summed E-state index contributed by atoms with van der Waals surface area (Å²) >= 11 is 0. The highest BCUT2D eigenvalue weighted by atomic mass is 16.7. The van der Waals surface area contributed by atoms with Crippen LogP contribution in [0.1, 0.15) is 24.8 Å². The highest BCUT2D eigenvalue weighted by Gasteiger charge is 2.13. The number of hydrogen-bond donors (Lipinski definition) is 1. The Balaban J connectivity index is 1.62. The van der Waals surface area contributed by atoms with Crippen LogP contribution in [0.5, 0.6) is 0 Å². The predicted molar refractivity (Wildman–Crippen MR) is 73.0 cm³/mol. The molecule has 1 saturated heterocycles. The molecule has 1 unspecified atom stereocenters. The average Bonchev–Trinajstić information content (AvgIpc) is 2.45. The maximum Gasteiger partial charge on any atom is 0.157 e. The van der Waals surface area contributed by atoms with Crippen LogP contribution in [0.3, 0.4) is 0 Å². The molecular weight excluding hydrogens is 226 g/mol. The maximum absolute atomic E-state index is 5.64. The average molecular weight is 247 g/mol. The van der Waals surface area contributed by atoms with Crippen molar-refractivity contribution in [3.8, 4) is 0 Å². The summed E-state index contributed by atoms with van der Waals surface area (Å²) in [5, 5.41) is 3.26. The van der Waals surface area contributed by atoms with Gasteiger partial charge in [-0.3, -0.25) is 0 Å². The summed E-state index contributed by atoms with van der Waals surface area (Å²) in [6, 6.07) is 10.1. The molecule has 1 fully saturated rings. The summed E-state index contributed by atoms with van der Waals surface area (Å²) in [7, 11) is 0. The van der Waals surface area contributed by atoms with E-state index in [-0.39, 0.29) is 6.29 Å². The Morgan fingerprint density at radius 1 is 1.33 bits per heavy atom. The first-order valence-electron chi connectivity index (χ1n) is 6.57. The fraction of sp³-hybridized carbons (Fsp3) is 0.467. The molecule has 2 rings (SSSR count). The zero-order chi connectivity index (χ0) is 12.6. The molecule has 3 nitrogen and oxygen atoms in total. The van der Waals surface area contributed by atoms with Crippen molar-refractivity contribution in [3.63, 3.8) is 0 Å². The Bertz CT molecular complexity index is 358. The molecule has 98 valence electrons. The van der Waals surface area contributed by atoms with Crippen molar-refractivity contribution in [1.82, 2.24) is 5.32 Å². The second-order valence-corrected chi connectivity index (χ2v) is 4.44. The van der Waals surface area contributed by atoms with E-state index in [2.05, 4.69) is 11.9 Å². The van der Waals surface area contributed by atoms with Crippen molar-refractivity contribution >= 4 is 5.70 Å². The maximum atomic E-state index is 5.64. The molecule has 1 aromatic rings. The first kappa shape index (κ1) is 13.1. The van der Waals surface area contributed by atoms with Crippen LogP contribution in [-0.2, 0) is 9.47 Å². The molecule has 0 aromatic heterocycles. The van der Waals surface area contributed by atoms with Crippen LogP contribution in [0.15, 0.2) is 36.9 Å². The number of rotatable bonds is 6. The number of benzene rings is 1. The first-order valence-corrected chi connectivity index (χ1v) is 6.57. The van der Waals surface area contributed by atoms with Gasteiger partial charge in [-0.15, -0.1) is 0 Å². The standard InChI is InChI=1S/C15H21NO2/c1-13(14-7-3-2-4-8-14)16-10-12-18-15-9-5-6-11-17-15/h2-4,7-8,15-16H,1,5-6,9-12H2. The van der Waals surface area contributed by atoms with Gasteiger partial charge in [0.1, 0.15) is 0 Å². The lowest BCUT2D eigenvalue weighted by Crippen LogP contribution is -2.26. The van der Waals surface area contributed by atoms with Crippen LogP contribution in [0.4, 0.5) is 0 Å².